The van der Waals surface area contributed by atoms with Gasteiger partial charge < -0.3 is 15.5 Å². The lowest BCUT2D eigenvalue weighted by Gasteiger charge is -2.31. The van der Waals surface area contributed by atoms with Gasteiger partial charge in [-0.1, -0.05) is 6.07 Å². The Labute approximate surface area is 116 Å². The molecule has 1 saturated heterocycles. The van der Waals surface area contributed by atoms with Crippen LogP contribution in [0.3, 0.4) is 0 Å². The maximum Gasteiger partial charge on any atom is 0.0547 e. The number of hydrogen-bond donors (Lipinski definition) is 1. The van der Waals surface area contributed by atoms with Crippen LogP contribution in [0.5, 0.6) is 0 Å². The van der Waals surface area contributed by atoms with E-state index < -0.39 is 0 Å². The van der Waals surface area contributed by atoms with Gasteiger partial charge in [-0.3, -0.25) is 4.98 Å². The van der Waals surface area contributed by atoms with Crippen molar-refractivity contribution in [2.75, 3.05) is 33.7 Å². The molecule has 1 aromatic rings. The number of likely N-dealkylation sites (tertiary alicyclic amines) is 1. The molecule has 0 amide bonds. The van der Waals surface area contributed by atoms with Crippen LogP contribution in [0.15, 0.2) is 18.2 Å². The number of pyridine rings is 1. The van der Waals surface area contributed by atoms with E-state index in [1.54, 1.807) is 0 Å². The van der Waals surface area contributed by atoms with Gasteiger partial charge in [-0.05, 0) is 58.1 Å². The van der Waals surface area contributed by atoms with Crippen molar-refractivity contribution >= 4 is 0 Å². The Balaban J connectivity index is 1.81. The van der Waals surface area contributed by atoms with Crippen molar-refractivity contribution in [3.63, 3.8) is 0 Å². The van der Waals surface area contributed by atoms with Crippen LogP contribution < -0.4 is 5.73 Å². The van der Waals surface area contributed by atoms with E-state index in [0.29, 0.717) is 6.54 Å². The zero-order valence-corrected chi connectivity index (χ0v) is 12.2. The van der Waals surface area contributed by atoms with Gasteiger partial charge in [-0.15, -0.1) is 0 Å². The molecular weight excluding hydrogens is 236 g/mol. The first-order chi connectivity index (χ1) is 9.17. The standard InChI is InChI=1S/C15H26N4/c1-18-8-6-13(7-9-18)11-19(2)12-15-5-3-4-14(10-16)17-15/h3-5,13H,6-12,16H2,1-2H3. The molecule has 2 N–H and O–H groups in total. The van der Waals surface area contributed by atoms with Crippen LogP contribution in [0.2, 0.25) is 0 Å². The quantitative estimate of drug-likeness (QED) is 0.869. The minimum Gasteiger partial charge on any atom is -0.325 e. The highest BCUT2D eigenvalue weighted by Gasteiger charge is 2.18. The Morgan fingerprint density at radius 1 is 1.32 bits per heavy atom. The summed E-state index contributed by atoms with van der Waals surface area (Å²) in [7, 11) is 4.40. The first-order valence-corrected chi connectivity index (χ1v) is 7.19. The molecule has 2 heterocycles. The van der Waals surface area contributed by atoms with Gasteiger partial charge in [-0.2, -0.15) is 0 Å². The van der Waals surface area contributed by atoms with Gasteiger partial charge in [0.1, 0.15) is 0 Å². The summed E-state index contributed by atoms with van der Waals surface area (Å²) >= 11 is 0. The lowest BCUT2D eigenvalue weighted by Crippen LogP contribution is -2.35. The number of rotatable bonds is 5. The summed E-state index contributed by atoms with van der Waals surface area (Å²) in [5.41, 5.74) is 7.73. The Morgan fingerprint density at radius 2 is 2.00 bits per heavy atom. The van der Waals surface area contributed by atoms with Gasteiger partial charge in [0.15, 0.2) is 0 Å². The van der Waals surface area contributed by atoms with Crippen molar-refractivity contribution in [2.24, 2.45) is 11.7 Å². The number of aromatic nitrogens is 1. The highest BCUT2D eigenvalue weighted by Crippen LogP contribution is 2.17. The normalized spacial score (nSPS) is 18.1. The van der Waals surface area contributed by atoms with Crippen LogP contribution in [0, 0.1) is 5.92 Å². The van der Waals surface area contributed by atoms with E-state index >= 15 is 0 Å². The molecule has 106 valence electrons. The van der Waals surface area contributed by atoms with E-state index in [0.717, 1.165) is 23.9 Å². The minimum atomic E-state index is 0.520. The predicted octanol–water partition coefficient (Wildman–Crippen LogP) is 1.31. The molecule has 19 heavy (non-hydrogen) atoms. The zero-order chi connectivity index (χ0) is 13.7. The summed E-state index contributed by atoms with van der Waals surface area (Å²) in [6.45, 7) is 5.08. The topological polar surface area (TPSA) is 45.4 Å². The molecule has 0 bridgehead atoms. The highest BCUT2D eigenvalue weighted by molar-refractivity contribution is 5.10. The average Bonchev–Trinajstić information content (AvgIpc) is 2.41. The molecular formula is C15H26N4. The van der Waals surface area contributed by atoms with E-state index in [-0.39, 0.29) is 0 Å². The second kappa shape index (κ2) is 6.98. The van der Waals surface area contributed by atoms with Gasteiger partial charge in [0.2, 0.25) is 0 Å². The van der Waals surface area contributed by atoms with Gasteiger partial charge in [0.05, 0.1) is 11.4 Å². The van der Waals surface area contributed by atoms with Crippen LogP contribution >= 0.6 is 0 Å². The first kappa shape index (κ1) is 14.4. The monoisotopic (exact) mass is 262 g/mol. The lowest BCUT2D eigenvalue weighted by atomic mass is 9.96. The average molecular weight is 262 g/mol. The molecule has 0 spiro atoms. The summed E-state index contributed by atoms with van der Waals surface area (Å²) in [6.07, 6.45) is 2.63. The lowest BCUT2D eigenvalue weighted by molar-refractivity contribution is 0.172. The molecule has 4 nitrogen and oxygen atoms in total. The molecule has 1 fully saturated rings. The summed E-state index contributed by atoms with van der Waals surface area (Å²) in [5.74, 6) is 0.832. The van der Waals surface area contributed by atoms with Crippen molar-refractivity contribution in [3.8, 4) is 0 Å². The third-order valence-corrected chi connectivity index (χ3v) is 3.91. The highest BCUT2D eigenvalue weighted by atomic mass is 15.1. The van der Waals surface area contributed by atoms with E-state index in [9.17, 15) is 0 Å². The molecule has 1 aliphatic rings. The van der Waals surface area contributed by atoms with E-state index in [4.69, 9.17) is 5.73 Å². The van der Waals surface area contributed by atoms with Crippen molar-refractivity contribution in [3.05, 3.63) is 29.6 Å². The number of nitrogens with zero attached hydrogens (tertiary/aromatic N) is 3. The second-order valence-electron chi connectivity index (χ2n) is 5.77. The number of piperidine rings is 1. The van der Waals surface area contributed by atoms with Gasteiger partial charge in [-0.25, -0.2) is 0 Å². The SMILES string of the molecule is CN1CCC(CN(C)Cc2cccc(CN)n2)CC1. The van der Waals surface area contributed by atoms with Gasteiger partial charge in [0.25, 0.3) is 0 Å². The largest absolute Gasteiger partial charge is 0.325 e. The molecule has 0 saturated carbocycles. The maximum absolute atomic E-state index is 5.63. The Kier molecular flexibility index (Phi) is 5.31. The molecule has 4 heteroatoms. The van der Waals surface area contributed by atoms with Crippen LogP contribution in [-0.4, -0.2) is 48.5 Å². The molecule has 0 unspecified atom stereocenters. The predicted molar refractivity (Wildman–Crippen MR) is 78.7 cm³/mol. The minimum absolute atomic E-state index is 0.520. The molecule has 0 aromatic carbocycles. The summed E-state index contributed by atoms with van der Waals surface area (Å²) in [4.78, 5) is 9.37. The summed E-state index contributed by atoms with van der Waals surface area (Å²) in [5, 5.41) is 0. The molecule has 2 rings (SSSR count). The fourth-order valence-corrected chi connectivity index (χ4v) is 2.76. The summed E-state index contributed by atoms with van der Waals surface area (Å²) < 4.78 is 0. The van der Waals surface area contributed by atoms with E-state index in [1.807, 2.05) is 12.1 Å². The zero-order valence-electron chi connectivity index (χ0n) is 12.2. The molecule has 0 atom stereocenters. The molecule has 0 radical (unpaired) electrons. The fourth-order valence-electron chi connectivity index (χ4n) is 2.76. The molecule has 1 aliphatic heterocycles. The number of hydrogen-bond acceptors (Lipinski definition) is 4. The number of nitrogens with two attached hydrogens (primary N) is 1. The third-order valence-electron chi connectivity index (χ3n) is 3.91. The van der Waals surface area contributed by atoms with Crippen molar-refractivity contribution < 1.29 is 0 Å². The van der Waals surface area contributed by atoms with Crippen LogP contribution in [0.25, 0.3) is 0 Å². The van der Waals surface area contributed by atoms with Crippen molar-refractivity contribution in [2.45, 2.75) is 25.9 Å². The van der Waals surface area contributed by atoms with Crippen LogP contribution in [0.1, 0.15) is 24.2 Å². The molecule has 1 aromatic heterocycles. The first-order valence-electron chi connectivity index (χ1n) is 7.19. The smallest absolute Gasteiger partial charge is 0.0547 e. The van der Waals surface area contributed by atoms with E-state index in [2.05, 4.69) is 34.9 Å². The van der Waals surface area contributed by atoms with Crippen molar-refractivity contribution in [1.29, 1.82) is 0 Å². The van der Waals surface area contributed by atoms with Crippen LogP contribution in [-0.2, 0) is 13.1 Å². The fraction of sp³-hybridized carbons (Fsp3) is 0.667. The maximum atomic E-state index is 5.63. The van der Waals surface area contributed by atoms with Crippen LogP contribution in [0.4, 0.5) is 0 Å². The Bertz CT molecular complexity index is 385. The Morgan fingerprint density at radius 3 is 2.68 bits per heavy atom. The second-order valence-corrected chi connectivity index (χ2v) is 5.77. The summed E-state index contributed by atoms with van der Waals surface area (Å²) in [6, 6.07) is 6.12. The van der Waals surface area contributed by atoms with Gasteiger partial charge in [0, 0.05) is 19.6 Å². The Hall–Kier alpha value is -0.970. The third kappa shape index (κ3) is 4.56. The van der Waals surface area contributed by atoms with Gasteiger partial charge >= 0.3 is 0 Å². The van der Waals surface area contributed by atoms with Crippen molar-refractivity contribution in [1.82, 2.24) is 14.8 Å². The molecule has 0 aliphatic carbocycles. The van der Waals surface area contributed by atoms with E-state index in [1.165, 1.54) is 32.5 Å².